The first kappa shape index (κ1) is 24.9. The lowest BCUT2D eigenvalue weighted by atomic mass is 9.90. The topological polar surface area (TPSA) is 65.8 Å². The number of imidazole rings is 1. The maximum atomic E-state index is 14.1. The summed E-state index contributed by atoms with van der Waals surface area (Å²) in [4.78, 5) is 19.5. The van der Waals surface area contributed by atoms with Crippen molar-refractivity contribution in [3.8, 4) is 11.4 Å². The van der Waals surface area contributed by atoms with Crippen LogP contribution < -0.4 is 4.74 Å². The van der Waals surface area contributed by atoms with Crippen LogP contribution in [0.25, 0.3) is 11.8 Å². The molecule has 37 heavy (non-hydrogen) atoms. The molecule has 194 valence electrons. The molecule has 0 bridgehead atoms. The molecule has 0 N–H and O–H groups in total. The molecular weight excluding hydrogens is 487 g/mol. The van der Waals surface area contributed by atoms with Gasteiger partial charge in [0.05, 0.1) is 38.1 Å². The molecule has 5 rings (SSSR count). The van der Waals surface area contributed by atoms with Crippen LogP contribution in [-0.2, 0) is 14.3 Å². The molecule has 0 saturated carbocycles. The summed E-state index contributed by atoms with van der Waals surface area (Å²) in [5, 5.41) is 0. The Morgan fingerprint density at radius 3 is 2.51 bits per heavy atom. The summed E-state index contributed by atoms with van der Waals surface area (Å²) in [6, 6.07) is 5.88. The van der Waals surface area contributed by atoms with Gasteiger partial charge < -0.3 is 23.7 Å². The van der Waals surface area contributed by atoms with Crippen molar-refractivity contribution < 1.29 is 32.2 Å². The molecule has 0 spiro atoms. The normalized spacial score (nSPS) is 22.1. The van der Waals surface area contributed by atoms with Gasteiger partial charge in [0.1, 0.15) is 17.2 Å². The van der Waals surface area contributed by atoms with E-state index in [2.05, 4.69) is 4.98 Å². The zero-order valence-electron chi connectivity index (χ0n) is 20.8. The SMILES string of the molecule is COc1cc(/C=C2/OC(C)(C)[C@H]3COCC(c4cc(F)c(F)c(F)c4)N3C2=O)ccc1-n1ccnc1C. The molecule has 0 radical (unpaired) electrons. The van der Waals surface area contributed by atoms with Crippen LogP contribution in [0, 0.1) is 24.4 Å². The van der Waals surface area contributed by atoms with Crippen molar-refractivity contribution in [1.82, 2.24) is 14.5 Å². The Balaban J connectivity index is 1.53. The number of fused-ring (bicyclic) bond motifs is 1. The van der Waals surface area contributed by atoms with Crippen molar-refractivity contribution in [3.63, 3.8) is 0 Å². The van der Waals surface area contributed by atoms with E-state index in [0.717, 1.165) is 23.6 Å². The van der Waals surface area contributed by atoms with Crippen molar-refractivity contribution in [1.29, 1.82) is 0 Å². The first-order valence-electron chi connectivity index (χ1n) is 11.7. The van der Waals surface area contributed by atoms with E-state index in [0.29, 0.717) is 11.3 Å². The van der Waals surface area contributed by atoms with E-state index < -0.39 is 41.0 Å². The number of hydrogen-bond donors (Lipinski definition) is 0. The highest BCUT2D eigenvalue weighted by Gasteiger charge is 2.50. The van der Waals surface area contributed by atoms with Crippen LogP contribution in [0.4, 0.5) is 13.2 Å². The van der Waals surface area contributed by atoms with Gasteiger partial charge >= 0.3 is 0 Å². The number of carbonyl (C=O) groups is 1. The lowest BCUT2D eigenvalue weighted by Crippen LogP contribution is -2.64. The molecule has 1 unspecified atom stereocenters. The fourth-order valence-corrected chi connectivity index (χ4v) is 4.89. The number of nitrogens with zero attached hydrogens (tertiary/aromatic N) is 3. The van der Waals surface area contributed by atoms with Gasteiger partial charge in [0.2, 0.25) is 0 Å². The summed E-state index contributed by atoms with van der Waals surface area (Å²) in [5.74, 6) is -3.26. The molecule has 2 fully saturated rings. The summed E-state index contributed by atoms with van der Waals surface area (Å²) < 4.78 is 61.0. The Labute approximate surface area is 212 Å². The quantitative estimate of drug-likeness (QED) is 0.373. The number of morpholine rings is 2. The van der Waals surface area contributed by atoms with E-state index in [4.69, 9.17) is 14.2 Å². The number of aryl methyl sites for hydroxylation is 1. The molecular formula is C27H26F3N3O4. The van der Waals surface area contributed by atoms with E-state index in [1.54, 1.807) is 25.4 Å². The van der Waals surface area contributed by atoms with Crippen LogP contribution in [0.3, 0.4) is 0 Å². The Bertz CT molecular complexity index is 1380. The molecule has 3 heterocycles. The van der Waals surface area contributed by atoms with Gasteiger partial charge in [-0.1, -0.05) is 6.07 Å². The average Bonchev–Trinajstić information content (AvgIpc) is 3.30. The second-order valence-corrected chi connectivity index (χ2v) is 9.57. The van der Waals surface area contributed by atoms with Crippen molar-refractivity contribution in [2.24, 2.45) is 0 Å². The van der Waals surface area contributed by atoms with Crippen LogP contribution in [0.1, 0.15) is 36.8 Å². The molecule has 2 aliphatic rings. The number of carbonyl (C=O) groups excluding carboxylic acids is 1. The van der Waals surface area contributed by atoms with Gasteiger partial charge in [-0.05, 0) is 62.2 Å². The molecule has 10 heteroatoms. The number of amides is 1. The highest BCUT2D eigenvalue weighted by molar-refractivity contribution is 5.97. The number of ether oxygens (including phenoxy) is 3. The van der Waals surface area contributed by atoms with E-state index >= 15 is 0 Å². The van der Waals surface area contributed by atoms with E-state index in [9.17, 15) is 18.0 Å². The third kappa shape index (κ3) is 4.35. The molecule has 1 amide bonds. The van der Waals surface area contributed by atoms with Gasteiger partial charge in [0, 0.05) is 12.4 Å². The number of aromatic nitrogens is 2. The average molecular weight is 514 g/mol. The zero-order valence-corrected chi connectivity index (χ0v) is 20.8. The highest BCUT2D eigenvalue weighted by atomic mass is 19.2. The Morgan fingerprint density at radius 2 is 1.86 bits per heavy atom. The first-order valence-corrected chi connectivity index (χ1v) is 11.7. The third-order valence-corrected chi connectivity index (χ3v) is 6.82. The first-order chi connectivity index (χ1) is 17.6. The molecule has 2 atom stereocenters. The number of halogens is 3. The van der Waals surface area contributed by atoms with Gasteiger partial charge in [-0.2, -0.15) is 0 Å². The van der Waals surface area contributed by atoms with Gasteiger partial charge in [0.15, 0.2) is 23.2 Å². The molecule has 7 nitrogen and oxygen atoms in total. The predicted molar refractivity (Wildman–Crippen MR) is 129 cm³/mol. The minimum absolute atomic E-state index is 0.00287. The van der Waals surface area contributed by atoms with E-state index in [1.807, 2.05) is 43.7 Å². The summed E-state index contributed by atoms with van der Waals surface area (Å²) in [5.41, 5.74) is 0.658. The van der Waals surface area contributed by atoms with Gasteiger partial charge in [-0.3, -0.25) is 4.79 Å². The van der Waals surface area contributed by atoms with Crippen LogP contribution in [0.15, 0.2) is 48.5 Å². The fourth-order valence-electron chi connectivity index (χ4n) is 4.89. The second kappa shape index (κ2) is 9.26. The van der Waals surface area contributed by atoms with E-state index in [-0.39, 0.29) is 24.5 Å². The standard InChI is InChI=1S/C27H26F3N3O4/c1-15-31-7-8-32(15)20-6-5-16(9-22(20)35-4)10-23-26(34)33-21(13-36-14-24(33)27(2,3)37-23)17-11-18(28)25(30)19(29)12-17/h5-12,21,24H,13-14H2,1-4H3/b23-10+/t21?,24-/m1/s1. The molecule has 2 saturated heterocycles. The summed E-state index contributed by atoms with van der Waals surface area (Å²) in [7, 11) is 1.55. The number of methoxy groups -OCH3 is 1. The molecule has 2 aliphatic heterocycles. The monoisotopic (exact) mass is 513 g/mol. The molecule has 0 aliphatic carbocycles. The zero-order chi connectivity index (χ0) is 26.5. The van der Waals surface area contributed by atoms with Crippen LogP contribution in [0.2, 0.25) is 0 Å². The molecule has 3 aromatic rings. The van der Waals surface area contributed by atoms with Gasteiger partial charge in [0.25, 0.3) is 5.91 Å². The maximum absolute atomic E-state index is 14.1. The van der Waals surface area contributed by atoms with Crippen LogP contribution in [-0.4, -0.2) is 52.3 Å². The van der Waals surface area contributed by atoms with Crippen molar-refractivity contribution in [2.45, 2.75) is 38.5 Å². The maximum Gasteiger partial charge on any atom is 0.290 e. The predicted octanol–water partition coefficient (Wildman–Crippen LogP) is 4.73. The minimum Gasteiger partial charge on any atom is -0.495 e. The summed E-state index contributed by atoms with van der Waals surface area (Å²) in [6.07, 6.45) is 5.11. The lowest BCUT2D eigenvalue weighted by molar-refractivity contribution is -0.184. The minimum atomic E-state index is -1.56. The number of rotatable bonds is 4. The van der Waals surface area contributed by atoms with E-state index in [1.165, 1.54) is 4.90 Å². The molecule has 2 aromatic carbocycles. The van der Waals surface area contributed by atoms with Crippen LogP contribution in [0.5, 0.6) is 5.75 Å². The fraction of sp³-hybridized carbons (Fsp3) is 0.333. The Kier molecular flexibility index (Phi) is 6.23. The Morgan fingerprint density at radius 1 is 1.14 bits per heavy atom. The Hall–Kier alpha value is -3.79. The van der Waals surface area contributed by atoms with Crippen molar-refractivity contribution in [2.75, 3.05) is 20.3 Å². The molecule has 1 aromatic heterocycles. The summed E-state index contributed by atoms with van der Waals surface area (Å²) in [6.45, 7) is 5.69. The number of benzene rings is 2. The van der Waals surface area contributed by atoms with Gasteiger partial charge in [-0.15, -0.1) is 0 Å². The lowest BCUT2D eigenvalue weighted by Gasteiger charge is -2.52. The van der Waals surface area contributed by atoms with Gasteiger partial charge in [-0.25, -0.2) is 18.2 Å². The summed E-state index contributed by atoms with van der Waals surface area (Å²) >= 11 is 0. The van der Waals surface area contributed by atoms with Crippen molar-refractivity contribution >= 4 is 12.0 Å². The highest BCUT2D eigenvalue weighted by Crippen LogP contribution is 2.40. The third-order valence-electron chi connectivity index (χ3n) is 6.82. The smallest absolute Gasteiger partial charge is 0.290 e. The van der Waals surface area contributed by atoms with Crippen LogP contribution >= 0.6 is 0 Å². The van der Waals surface area contributed by atoms with Crippen molar-refractivity contribution in [3.05, 3.63) is 82.9 Å². The largest absolute Gasteiger partial charge is 0.495 e. The second-order valence-electron chi connectivity index (χ2n) is 9.57. The number of hydrogen-bond acceptors (Lipinski definition) is 5.